The second-order valence-electron chi connectivity index (χ2n) is 4.36. The number of rotatable bonds is 6. The molecule has 0 radical (unpaired) electrons. The van der Waals surface area contributed by atoms with Gasteiger partial charge in [0, 0.05) is 30.8 Å². The minimum atomic E-state index is 0.0583. The first-order chi connectivity index (χ1) is 8.35. The van der Waals surface area contributed by atoms with Gasteiger partial charge in [-0.2, -0.15) is 0 Å². The molecule has 17 heavy (non-hydrogen) atoms. The molecule has 1 aliphatic rings. The molecule has 0 aromatic carbocycles. The monoisotopic (exact) mass is 237 g/mol. The third-order valence-electron chi connectivity index (χ3n) is 3.26. The Hall–Kier alpha value is -1.20. The first-order valence-corrected chi connectivity index (χ1v) is 6.13. The van der Waals surface area contributed by atoms with Gasteiger partial charge >= 0.3 is 0 Å². The van der Waals surface area contributed by atoms with Crippen LogP contribution in [0.3, 0.4) is 0 Å². The summed E-state index contributed by atoms with van der Waals surface area (Å²) in [6, 6.07) is 1.98. The lowest BCUT2D eigenvalue weighted by Crippen LogP contribution is -2.30. The molecule has 1 aromatic heterocycles. The summed E-state index contributed by atoms with van der Waals surface area (Å²) >= 11 is 0. The summed E-state index contributed by atoms with van der Waals surface area (Å²) < 4.78 is 0. The third-order valence-corrected chi connectivity index (χ3v) is 3.26. The third kappa shape index (κ3) is 2.92. The topological polar surface area (TPSA) is 69.5 Å². The molecule has 0 atom stereocenters. The molecule has 0 aliphatic heterocycles. The van der Waals surface area contributed by atoms with Crippen LogP contribution in [-0.2, 0) is 0 Å². The quantitative estimate of drug-likeness (QED) is 0.755. The van der Waals surface area contributed by atoms with Crippen molar-refractivity contribution in [1.82, 2.24) is 9.97 Å². The average molecular weight is 237 g/mol. The SMILES string of the molecule is OCCN(CCO)c1cc(C2CCC2)ncn1. The van der Waals surface area contributed by atoms with E-state index in [1.807, 2.05) is 11.0 Å². The number of hydrogen-bond donors (Lipinski definition) is 2. The van der Waals surface area contributed by atoms with Crippen molar-refractivity contribution >= 4 is 5.82 Å². The van der Waals surface area contributed by atoms with Crippen molar-refractivity contribution in [2.45, 2.75) is 25.2 Å². The fourth-order valence-electron chi connectivity index (χ4n) is 2.04. The second kappa shape index (κ2) is 5.93. The van der Waals surface area contributed by atoms with E-state index in [0.29, 0.717) is 19.0 Å². The highest BCUT2D eigenvalue weighted by atomic mass is 16.3. The normalized spacial score (nSPS) is 15.6. The molecule has 0 saturated heterocycles. The lowest BCUT2D eigenvalue weighted by Gasteiger charge is -2.27. The Bertz CT molecular complexity index is 349. The van der Waals surface area contributed by atoms with Crippen LogP contribution in [0.15, 0.2) is 12.4 Å². The van der Waals surface area contributed by atoms with Crippen LogP contribution in [0.1, 0.15) is 30.9 Å². The largest absolute Gasteiger partial charge is 0.395 e. The first-order valence-electron chi connectivity index (χ1n) is 6.13. The van der Waals surface area contributed by atoms with Crippen LogP contribution in [0.25, 0.3) is 0 Å². The predicted molar refractivity (Wildman–Crippen MR) is 65.0 cm³/mol. The maximum atomic E-state index is 8.99. The van der Waals surface area contributed by atoms with Gasteiger partial charge in [-0.05, 0) is 12.8 Å². The minimum absolute atomic E-state index is 0.0583. The fraction of sp³-hybridized carbons (Fsp3) is 0.667. The maximum absolute atomic E-state index is 8.99. The Morgan fingerprint density at radius 1 is 1.18 bits per heavy atom. The molecule has 5 heteroatoms. The molecule has 0 amide bonds. The zero-order valence-electron chi connectivity index (χ0n) is 9.92. The van der Waals surface area contributed by atoms with E-state index in [2.05, 4.69) is 9.97 Å². The molecule has 1 aliphatic carbocycles. The van der Waals surface area contributed by atoms with Gasteiger partial charge in [0.05, 0.1) is 13.2 Å². The molecule has 2 rings (SSSR count). The molecule has 0 spiro atoms. The highest BCUT2D eigenvalue weighted by Crippen LogP contribution is 2.35. The summed E-state index contributed by atoms with van der Waals surface area (Å²) in [6.45, 7) is 1.09. The van der Waals surface area contributed by atoms with Gasteiger partial charge in [-0.1, -0.05) is 6.42 Å². The van der Waals surface area contributed by atoms with Gasteiger partial charge in [-0.25, -0.2) is 9.97 Å². The number of aliphatic hydroxyl groups is 2. The van der Waals surface area contributed by atoms with Crippen molar-refractivity contribution < 1.29 is 10.2 Å². The van der Waals surface area contributed by atoms with E-state index in [1.165, 1.54) is 19.3 Å². The predicted octanol–water partition coefficient (Wildman–Crippen LogP) is 0.535. The Morgan fingerprint density at radius 2 is 1.88 bits per heavy atom. The molecule has 2 N–H and O–H groups in total. The van der Waals surface area contributed by atoms with Crippen LogP contribution >= 0.6 is 0 Å². The highest BCUT2D eigenvalue weighted by Gasteiger charge is 2.21. The average Bonchev–Trinajstić information content (AvgIpc) is 2.27. The molecule has 0 unspecified atom stereocenters. The Balaban J connectivity index is 2.11. The van der Waals surface area contributed by atoms with E-state index < -0.39 is 0 Å². The van der Waals surface area contributed by atoms with E-state index in [0.717, 1.165) is 11.5 Å². The van der Waals surface area contributed by atoms with Crippen molar-refractivity contribution in [2.75, 3.05) is 31.2 Å². The summed E-state index contributed by atoms with van der Waals surface area (Å²) in [5, 5.41) is 18.0. The molecule has 1 heterocycles. The van der Waals surface area contributed by atoms with Crippen molar-refractivity contribution in [3.63, 3.8) is 0 Å². The van der Waals surface area contributed by atoms with Gasteiger partial charge in [0.15, 0.2) is 0 Å². The van der Waals surface area contributed by atoms with Crippen LogP contribution in [-0.4, -0.2) is 46.5 Å². The van der Waals surface area contributed by atoms with E-state index in [9.17, 15) is 0 Å². The zero-order valence-corrected chi connectivity index (χ0v) is 9.92. The smallest absolute Gasteiger partial charge is 0.132 e. The summed E-state index contributed by atoms with van der Waals surface area (Å²) in [7, 11) is 0. The first kappa shape index (κ1) is 12.3. The van der Waals surface area contributed by atoms with Crippen LogP contribution in [0.4, 0.5) is 5.82 Å². The second-order valence-corrected chi connectivity index (χ2v) is 4.36. The summed E-state index contributed by atoms with van der Waals surface area (Å²) in [5.41, 5.74) is 1.09. The van der Waals surface area contributed by atoms with Crippen molar-refractivity contribution in [3.8, 4) is 0 Å². The molecule has 1 saturated carbocycles. The number of nitrogens with zero attached hydrogens (tertiary/aromatic N) is 3. The Kier molecular flexibility index (Phi) is 4.28. The molecule has 1 aromatic rings. The molecular weight excluding hydrogens is 218 g/mol. The standard InChI is InChI=1S/C12H19N3O2/c16-6-4-15(5-7-17)12-8-11(13-9-14-12)10-2-1-3-10/h8-10,16-17H,1-7H2. The van der Waals surface area contributed by atoms with Gasteiger partial charge in [-0.15, -0.1) is 0 Å². The Labute approximate surface area is 101 Å². The van der Waals surface area contributed by atoms with Crippen LogP contribution in [0.5, 0.6) is 0 Å². The molecule has 5 nitrogen and oxygen atoms in total. The summed E-state index contributed by atoms with van der Waals surface area (Å²) in [4.78, 5) is 10.4. The molecule has 1 fully saturated rings. The van der Waals surface area contributed by atoms with Gasteiger partial charge < -0.3 is 15.1 Å². The van der Waals surface area contributed by atoms with Crippen molar-refractivity contribution in [1.29, 1.82) is 0 Å². The number of aromatic nitrogens is 2. The molecule has 94 valence electrons. The van der Waals surface area contributed by atoms with Gasteiger partial charge in [0.25, 0.3) is 0 Å². The van der Waals surface area contributed by atoms with Gasteiger partial charge in [-0.3, -0.25) is 0 Å². The van der Waals surface area contributed by atoms with Gasteiger partial charge in [0.1, 0.15) is 12.1 Å². The van der Waals surface area contributed by atoms with Crippen LogP contribution in [0, 0.1) is 0 Å². The lowest BCUT2D eigenvalue weighted by molar-refractivity contribution is 0.280. The highest BCUT2D eigenvalue weighted by molar-refractivity contribution is 5.39. The van der Waals surface area contributed by atoms with E-state index >= 15 is 0 Å². The van der Waals surface area contributed by atoms with Gasteiger partial charge in [0.2, 0.25) is 0 Å². The summed E-state index contributed by atoms with van der Waals surface area (Å²) in [6.07, 6.45) is 5.26. The zero-order chi connectivity index (χ0) is 12.1. The Morgan fingerprint density at radius 3 is 2.41 bits per heavy atom. The number of hydrogen-bond acceptors (Lipinski definition) is 5. The minimum Gasteiger partial charge on any atom is -0.395 e. The van der Waals surface area contributed by atoms with Crippen LogP contribution < -0.4 is 4.90 Å². The van der Waals surface area contributed by atoms with Crippen molar-refractivity contribution in [2.24, 2.45) is 0 Å². The maximum Gasteiger partial charge on any atom is 0.132 e. The lowest BCUT2D eigenvalue weighted by atomic mass is 9.83. The fourth-order valence-corrected chi connectivity index (χ4v) is 2.04. The van der Waals surface area contributed by atoms with Crippen molar-refractivity contribution in [3.05, 3.63) is 18.1 Å². The molecule has 0 bridgehead atoms. The van der Waals surface area contributed by atoms with E-state index in [-0.39, 0.29) is 13.2 Å². The van der Waals surface area contributed by atoms with E-state index in [4.69, 9.17) is 10.2 Å². The molecular formula is C12H19N3O2. The van der Waals surface area contributed by atoms with Crippen LogP contribution in [0.2, 0.25) is 0 Å². The number of anilines is 1. The number of aliphatic hydroxyl groups excluding tert-OH is 2. The summed E-state index contributed by atoms with van der Waals surface area (Å²) in [5.74, 6) is 1.37. The van der Waals surface area contributed by atoms with E-state index in [1.54, 1.807) is 6.33 Å².